The molecule has 0 bridgehead atoms. The minimum Gasteiger partial charge on any atom is -0.462 e. The van der Waals surface area contributed by atoms with E-state index in [4.69, 9.17) is 4.74 Å². The number of ether oxygens (including phenoxy) is 1. The maximum Gasteiger partial charge on any atom is 0.306 e. The van der Waals surface area contributed by atoms with Crippen LogP contribution >= 0.6 is 0 Å². The van der Waals surface area contributed by atoms with Crippen LogP contribution in [0.15, 0.2) is 36.5 Å². The Balaban J connectivity index is 4.37. The van der Waals surface area contributed by atoms with Crippen LogP contribution in [0.1, 0.15) is 258 Å². The highest BCUT2D eigenvalue weighted by molar-refractivity contribution is 5.77. The Morgan fingerprint density at radius 3 is 1.36 bits per heavy atom. The van der Waals surface area contributed by atoms with Crippen LogP contribution in [0.4, 0.5) is 0 Å². The van der Waals surface area contributed by atoms with Crippen molar-refractivity contribution in [1.82, 2.24) is 5.32 Å². The molecule has 0 aliphatic carbocycles. The maximum absolute atomic E-state index is 13.1. The number of carbonyl (C=O) groups excluding carboxylic acids is 2. The normalized spacial score (nSPS) is 13.5. The predicted octanol–water partition coefficient (Wildman–Crippen LogP) is 14.9. The number of amides is 1. The first-order chi connectivity index (χ1) is 28.5. The second-order valence-corrected chi connectivity index (χ2v) is 17.2. The second-order valence-electron chi connectivity index (χ2n) is 17.2. The summed E-state index contributed by atoms with van der Waals surface area (Å²) in [5.74, 6) is -0.486. The summed E-state index contributed by atoms with van der Waals surface area (Å²) in [5, 5.41) is 23.7. The van der Waals surface area contributed by atoms with E-state index in [-0.39, 0.29) is 24.9 Å². The van der Waals surface area contributed by atoms with Gasteiger partial charge in [0.25, 0.3) is 0 Å². The zero-order valence-corrected chi connectivity index (χ0v) is 38.7. The lowest BCUT2D eigenvalue weighted by Crippen LogP contribution is -2.46. The van der Waals surface area contributed by atoms with Gasteiger partial charge in [0.1, 0.15) is 6.10 Å². The Morgan fingerprint density at radius 1 is 0.500 bits per heavy atom. The summed E-state index contributed by atoms with van der Waals surface area (Å²) in [4.78, 5) is 26.0. The van der Waals surface area contributed by atoms with Crippen molar-refractivity contribution in [2.45, 2.75) is 277 Å². The molecule has 0 aliphatic rings. The van der Waals surface area contributed by atoms with Crippen LogP contribution in [0, 0.1) is 0 Å². The van der Waals surface area contributed by atoms with Crippen molar-refractivity contribution in [3.8, 4) is 0 Å². The Bertz CT molecular complexity index is 961. The number of hydrogen-bond acceptors (Lipinski definition) is 5. The summed E-state index contributed by atoms with van der Waals surface area (Å²) >= 11 is 0. The minimum absolute atomic E-state index is 0.0742. The van der Waals surface area contributed by atoms with E-state index in [9.17, 15) is 19.8 Å². The predicted molar refractivity (Wildman–Crippen MR) is 250 cm³/mol. The van der Waals surface area contributed by atoms with Gasteiger partial charge in [0, 0.05) is 6.42 Å². The second kappa shape index (κ2) is 46.2. The molecule has 3 atom stereocenters. The minimum atomic E-state index is -0.785. The van der Waals surface area contributed by atoms with E-state index >= 15 is 0 Å². The molecule has 6 heteroatoms. The molecule has 0 aromatic rings. The average Bonchev–Trinajstić information content (AvgIpc) is 3.21. The molecule has 0 aromatic carbocycles. The van der Waals surface area contributed by atoms with Gasteiger partial charge < -0.3 is 20.3 Å². The van der Waals surface area contributed by atoms with Crippen LogP contribution in [0.25, 0.3) is 0 Å². The van der Waals surface area contributed by atoms with Crippen molar-refractivity contribution < 1.29 is 24.5 Å². The van der Waals surface area contributed by atoms with E-state index in [1.807, 2.05) is 0 Å². The Kier molecular flexibility index (Phi) is 44.6. The number of aliphatic hydroxyl groups is 2. The van der Waals surface area contributed by atoms with Gasteiger partial charge in [-0.3, -0.25) is 9.59 Å². The fourth-order valence-corrected chi connectivity index (χ4v) is 7.61. The molecule has 1 amide bonds. The molecular formula is C52H97NO5. The van der Waals surface area contributed by atoms with Gasteiger partial charge in [-0.2, -0.15) is 0 Å². The lowest BCUT2D eigenvalue weighted by molar-refractivity contribution is -0.151. The van der Waals surface area contributed by atoms with Gasteiger partial charge in [0.15, 0.2) is 0 Å². The number of unbranched alkanes of at least 4 members (excludes halogenated alkanes) is 27. The van der Waals surface area contributed by atoms with Crippen LogP contribution < -0.4 is 5.32 Å². The first-order valence-corrected chi connectivity index (χ1v) is 25.2. The molecule has 0 rings (SSSR count). The lowest BCUT2D eigenvalue weighted by atomic mass is 10.0. The van der Waals surface area contributed by atoms with Gasteiger partial charge in [-0.1, -0.05) is 218 Å². The standard InChI is InChI=1S/C52H97NO5/c1-4-7-10-13-16-18-20-22-23-24-25-26-27-29-31-33-36-39-42-45-52(57)58-48(43-40-37-34-15-12-9-6-3)46-51(56)53-49(47-54)50(55)44-41-38-35-32-30-28-21-19-17-14-11-8-5-2/h16,18,22-23,25-26,48-50,54-55H,4-15,17,19-21,24,27-47H2,1-3H3,(H,53,56)/b18-16-,23-22-,26-25-. The highest BCUT2D eigenvalue weighted by atomic mass is 16.5. The molecule has 0 heterocycles. The molecule has 6 nitrogen and oxygen atoms in total. The molecule has 340 valence electrons. The van der Waals surface area contributed by atoms with E-state index < -0.39 is 18.2 Å². The quantitative estimate of drug-likeness (QED) is 0.0323. The largest absolute Gasteiger partial charge is 0.462 e. The third-order valence-electron chi connectivity index (χ3n) is 11.5. The SMILES string of the molecule is CCCCC/C=C\C/C=C\C/C=C\CCCCCCCCC(=O)OC(CCCCCCCCC)CC(=O)NC(CO)C(O)CCCCCCCCCCCCCCC. The third-order valence-corrected chi connectivity index (χ3v) is 11.5. The average molecular weight is 816 g/mol. The smallest absolute Gasteiger partial charge is 0.306 e. The molecule has 0 fully saturated rings. The summed E-state index contributed by atoms with van der Waals surface area (Å²) in [5.41, 5.74) is 0. The van der Waals surface area contributed by atoms with E-state index in [0.717, 1.165) is 70.6 Å². The fourth-order valence-electron chi connectivity index (χ4n) is 7.61. The van der Waals surface area contributed by atoms with E-state index in [1.165, 1.54) is 141 Å². The first kappa shape index (κ1) is 56.1. The highest BCUT2D eigenvalue weighted by Gasteiger charge is 2.24. The van der Waals surface area contributed by atoms with Crippen molar-refractivity contribution in [2.24, 2.45) is 0 Å². The molecule has 0 radical (unpaired) electrons. The van der Waals surface area contributed by atoms with Gasteiger partial charge in [0.2, 0.25) is 5.91 Å². The number of aliphatic hydroxyl groups excluding tert-OH is 2. The van der Waals surface area contributed by atoms with Crippen LogP contribution in [0.5, 0.6) is 0 Å². The van der Waals surface area contributed by atoms with Gasteiger partial charge in [-0.05, 0) is 64.2 Å². The topological polar surface area (TPSA) is 95.9 Å². The monoisotopic (exact) mass is 816 g/mol. The molecule has 3 N–H and O–H groups in total. The summed E-state index contributed by atoms with van der Waals surface area (Å²) in [6, 6.07) is -0.699. The first-order valence-electron chi connectivity index (χ1n) is 25.2. The van der Waals surface area contributed by atoms with E-state index in [1.54, 1.807) is 0 Å². The zero-order chi connectivity index (χ0) is 42.4. The van der Waals surface area contributed by atoms with Crippen molar-refractivity contribution in [2.75, 3.05) is 6.61 Å². The van der Waals surface area contributed by atoms with Crippen molar-refractivity contribution in [3.05, 3.63) is 36.5 Å². The maximum atomic E-state index is 13.1. The van der Waals surface area contributed by atoms with Crippen molar-refractivity contribution in [3.63, 3.8) is 0 Å². The van der Waals surface area contributed by atoms with Gasteiger partial charge in [-0.25, -0.2) is 0 Å². The summed E-state index contributed by atoms with van der Waals surface area (Å²) < 4.78 is 5.89. The molecule has 0 saturated heterocycles. The van der Waals surface area contributed by atoms with Gasteiger partial charge in [-0.15, -0.1) is 0 Å². The van der Waals surface area contributed by atoms with E-state index in [0.29, 0.717) is 19.3 Å². The molecule has 0 spiro atoms. The number of hydrogen-bond donors (Lipinski definition) is 3. The molecule has 0 saturated carbocycles. The van der Waals surface area contributed by atoms with Crippen LogP contribution in [0.3, 0.4) is 0 Å². The van der Waals surface area contributed by atoms with Crippen molar-refractivity contribution >= 4 is 11.9 Å². The number of carbonyl (C=O) groups is 2. The Labute approximate surface area is 360 Å². The van der Waals surface area contributed by atoms with Crippen LogP contribution in [-0.4, -0.2) is 46.9 Å². The zero-order valence-electron chi connectivity index (χ0n) is 38.7. The molecule has 0 aliphatic heterocycles. The summed E-state index contributed by atoms with van der Waals surface area (Å²) in [6.45, 7) is 6.43. The number of allylic oxidation sites excluding steroid dienone is 6. The number of nitrogens with one attached hydrogen (secondary N) is 1. The summed E-state index contributed by atoms with van der Waals surface area (Å²) in [7, 11) is 0. The highest BCUT2D eigenvalue weighted by Crippen LogP contribution is 2.18. The number of rotatable bonds is 45. The molecular weight excluding hydrogens is 719 g/mol. The third kappa shape index (κ3) is 40.8. The lowest BCUT2D eigenvalue weighted by Gasteiger charge is -2.24. The van der Waals surface area contributed by atoms with Crippen LogP contribution in [0.2, 0.25) is 0 Å². The fraction of sp³-hybridized carbons (Fsp3) is 0.846. The van der Waals surface area contributed by atoms with Crippen LogP contribution in [-0.2, 0) is 14.3 Å². The molecule has 58 heavy (non-hydrogen) atoms. The number of esters is 1. The van der Waals surface area contributed by atoms with Crippen molar-refractivity contribution in [1.29, 1.82) is 0 Å². The van der Waals surface area contributed by atoms with E-state index in [2.05, 4.69) is 62.5 Å². The van der Waals surface area contributed by atoms with Gasteiger partial charge in [0.05, 0.1) is 25.2 Å². The Morgan fingerprint density at radius 2 is 0.879 bits per heavy atom. The molecule has 3 unspecified atom stereocenters. The summed E-state index contributed by atoms with van der Waals surface area (Å²) in [6.07, 6.45) is 53.6. The Hall–Kier alpha value is -1.92. The van der Waals surface area contributed by atoms with Gasteiger partial charge >= 0.3 is 5.97 Å². The molecule has 0 aromatic heterocycles.